The van der Waals surface area contributed by atoms with Crippen LogP contribution in [0.2, 0.25) is 0 Å². The van der Waals surface area contributed by atoms with Crippen LogP contribution in [0.3, 0.4) is 0 Å². The van der Waals surface area contributed by atoms with Gasteiger partial charge in [-0.3, -0.25) is 0 Å². The van der Waals surface area contributed by atoms with Crippen LogP contribution in [0.1, 0.15) is 84.0 Å². The predicted molar refractivity (Wildman–Crippen MR) is 124 cm³/mol. The van der Waals surface area contributed by atoms with Crippen LogP contribution in [-0.2, 0) is 15.2 Å². The van der Waals surface area contributed by atoms with Crippen molar-refractivity contribution in [3.05, 3.63) is 16.1 Å². The first kappa shape index (κ1) is 25.1. The van der Waals surface area contributed by atoms with E-state index in [0.717, 1.165) is 43.0 Å². The smallest absolute Gasteiger partial charge is 0.0976 e. The van der Waals surface area contributed by atoms with Gasteiger partial charge >= 0.3 is 0 Å². The summed E-state index contributed by atoms with van der Waals surface area (Å²) in [7, 11) is -2.13. The molecule has 0 bridgehead atoms. The molecule has 1 rings (SSSR count). The number of nitrogens with zero attached hydrogens (tertiary/aromatic N) is 1. The van der Waals surface area contributed by atoms with Crippen LogP contribution in [0.15, 0.2) is 5.38 Å². The van der Waals surface area contributed by atoms with Crippen molar-refractivity contribution in [2.75, 3.05) is 19.1 Å². The zero-order chi connectivity index (χ0) is 20.9. The quantitative estimate of drug-likeness (QED) is 0.465. The molecule has 0 saturated carbocycles. The van der Waals surface area contributed by atoms with Crippen molar-refractivity contribution < 1.29 is 8.39 Å². The Labute approximate surface area is 175 Å². The molecule has 4 nitrogen and oxygen atoms in total. The molecule has 0 spiro atoms. The third kappa shape index (κ3) is 8.52. The molecule has 160 valence electrons. The van der Waals surface area contributed by atoms with Gasteiger partial charge in [0.25, 0.3) is 0 Å². The Kier molecular flexibility index (Phi) is 9.47. The first-order valence-electron chi connectivity index (χ1n) is 9.71. The normalized spacial score (nSPS) is 16.3. The Morgan fingerprint density at radius 1 is 1.19 bits per heavy atom. The number of thiazole rings is 1. The molecule has 0 amide bonds. The maximum absolute atomic E-state index is 12.6. The summed E-state index contributed by atoms with van der Waals surface area (Å²) in [5, 5.41) is 3.14. The van der Waals surface area contributed by atoms with Crippen LogP contribution in [-0.4, -0.2) is 37.8 Å². The summed E-state index contributed by atoms with van der Waals surface area (Å²) in [6.07, 6.45) is 8.70. The molecule has 0 radical (unpaired) electrons. The van der Waals surface area contributed by atoms with Gasteiger partial charge in [-0.15, -0.1) is 21.6 Å². The molecule has 1 heterocycles. The lowest BCUT2D eigenvalue weighted by Gasteiger charge is -2.43. The lowest BCUT2D eigenvalue weighted by atomic mass is 10.1. The van der Waals surface area contributed by atoms with Crippen molar-refractivity contribution in [3.8, 4) is 0 Å². The average Bonchev–Trinajstić information content (AvgIpc) is 2.93. The molecule has 0 aromatic carbocycles. The second-order valence-corrected chi connectivity index (χ2v) is 16.3. The highest BCUT2D eigenvalue weighted by atomic mass is 32.3. The fourth-order valence-corrected chi connectivity index (χ4v) is 4.59. The average molecular weight is 437 g/mol. The Morgan fingerprint density at radius 3 is 2.30 bits per heavy atom. The minimum absolute atomic E-state index is 0.0487. The lowest BCUT2D eigenvalue weighted by molar-refractivity contribution is 0.332. The highest BCUT2D eigenvalue weighted by molar-refractivity contribution is 8.29. The van der Waals surface area contributed by atoms with Gasteiger partial charge in [0.15, 0.2) is 0 Å². The van der Waals surface area contributed by atoms with Crippen LogP contribution in [0, 0.1) is 6.92 Å². The van der Waals surface area contributed by atoms with Crippen molar-refractivity contribution in [1.29, 1.82) is 0 Å². The maximum Gasteiger partial charge on any atom is 0.0976 e. The van der Waals surface area contributed by atoms with E-state index in [1.54, 1.807) is 11.3 Å². The number of hydrogen-bond donors (Lipinski definition) is 1. The summed E-state index contributed by atoms with van der Waals surface area (Å²) >= 11 is 1.65. The van der Waals surface area contributed by atoms with Crippen molar-refractivity contribution >= 4 is 32.6 Å². The highest BCUT2D eigenvalue weighted by Gasteiger charge is 2.28. The molecule has 27 heavy (non-hydrogen) atoms. The minimum atomic E-state index is -1.10. The molecular weight excluding hydrogens is 396 g/mol. The molecule has 0 aliphatic carbocycles. The van der Waals surface area contributed by atoms with Gasteiger partial charge in [0, 0.05) is 10.1 Å². The molecule has 7 heteroatoms. The minimum Gasteiger partial charge on any atom is -0.337 e. The fourth-order valence-electron chi connectivity index (χ4n) is 2.18. The largest absolute Gasteiger partial charge is 0.337 e. The molecule has 0 aliphatic rings. The number of aryl methyl sites for hydroxylation is 1. The van der Waals surface area contributed by atoms with Crippen molar-refractivity contribution in [1.82, 2.24) is 9.71 Å². The summed E-state index contributed by atoms with van der Waals surface area (Å²) in [6, 6.07) is 0.0487. The van der Waals surface area contributed by atoms with Crippen LogP contribution < -0.4 is 4.72 Å². The predicted octanol–water partition coefficient (Wildman–Crippen LogP) is 5.90. The van der Waals surface area contributed by atoms with Gasteiger partial charge in [-0.05, 0) is 53.0 Å². The molecule has 0 saturated heterocycles. The zero-order valence-corrected chi connectivity index (χ0v) is 21.1. The molecule has 1 N–H and O–H groups in total. The summed E-state index contributed by atoms with van der Waals surface area (Å²) in [4.78, 5) is 4.62. The standard InChI is InChI=1S/C20H40N2O2S3/c1-16-21-18(15-25-16)17(22-26(23)19(2,3)4)13-11-10-12-14-24-27(8,9)20(5,6)7/h15,17,22H,10-14H2,1-9H3. The molecule has 2 atom stereocenters. The van der Waals surface area contributed by atoms with Gasteiger partial charge in [-0.25, -0.2) is 13.9 Å². The molecule has 1 aromatic rings. The van der Waals surface area contributed by atoms with Crippen molar-refractivity contribution in [2.45, 2.75) is 89.7 Å². The second-order valence-electron chi connectivity index (χ2n) is 9.36. The Balaban J connectivity index is 2.50. The summed E-state index contributed by atoms with van der Waals surface area (Å²) in [5.74, 6) is 0. The fraction of sp³-hybridized carbons (Fsp3) is 0.850. The number of nitrogens with one attached hydrogen (secondary N) is 1. The highest BCUT2D eigenvalue weighted by Crippen LogP contribution is 2.53. The monoisotopic (exact) mass is 436 g/mol. The summed E-state index contributed by atoms with van der Waals surface area (Å²) < 4.78 is 22.0. The van der Waals surface area contributed by atoms with Gasteiger partial charge in [0.2, 0.25) is 0 Å². The van der Waals surface area contributed by atoms with E-state index in [1.807, 2.05) is 27.7 Å². The number of aromatic nitrogens is 1. The van der Waals surface area contributed by atoms with E-state index in [-0.39, 0.29) is 15.5 Å². The number of rotatable bonds is 10. The van der Waals surface area contributed by atoms with E-state index in [1.165, 1.54) is 0 Å². The van der Waals surface area contributed by atoms with Gasteiger partial charge in [0.05, 0.1) is 39.1 Å². The van der Waals surface area contributed by atoms with E-state index in [0.29, 0.717) is 0 Å². The van der Waals surface area contributed by atoms with E-state index in [9.17, 15) is 4.21 Å². The maximum atomic E-state index is 12.6. The Morgan fingerprint density at radius 2 is 1.81 bits per heavy atom. The molecule has 0 aliphatic heterocycles. The van der Waals surface area contributed by atoms with Crippen molar-refractivity contribution in [2.24, 2.45) is 0 Å². The van der Waals surface area contributed by atoms with E-state index < -0.39 is 21.3 Å². The van der Waals surface area contributed by atoms with E-state index in [2.05, 4.69) is 48.4 Å². The number of unbranched alkanes of at least 4 members (excludes halogenated alkanes) is 2. The van der Waals surface area contributed by atoms with Gasteiger partial charge in [-0.2, -0.15) is 0 Å². The molecule has 1 aromatic heterocycles. The van der Waals surface area contributed by atoms with Crippen molar-refractivity contribution in [3.63, 3.8) is 0 Å². The zero-order valence-electron chi connectivity index (χ0n) is 18.7. The SMILES string of the molecule is Cc1nc(C(CCCCCOS(C)(C)C(C)(C)C)NS(=O)C(C)(C)C)cs1. The van der Waals surface area contributed by atoms with Crippen LogP contribution >= 0.6 is 21.6 Å². The first-order chi connectivity index (χ1) is 12.2. The summed E-state index contributed by atoms with van der Waals surface area (Å²) in [6.45, 7) is 15.6. The van der Waals surface area contributed by atoms with Crippen LogP contribution in [0.4, 0.5) is 0 Å². The van der Waals surface area contributed by atoms with E-state index >= 15 is 0 Å². The number of hydrogen-bond acceptors (Lipinski definition) is 4. The summed E-state index contributed by atoms with van der Waals surface area (Å²) in [5.41, 5.74) is 1.02. The molecular formula is C20H40N2O2S3. The van der Waals surface area contributed by atoms with Crippen LogP contribution in [0.5, 0.6) is 0 Å². The first-order valence-corrected chi connectivity index (χ1v) is 14.1. The molecule has 0 fully saturated rings. The topological polar surface area (TPSA) is 51.2 Å². The van der Waals surface area contributed by atoms with Gasteiger partial charge < -0.3 is 4.18 Å². The van der Waals surface area contributed by atoms with Crippen LogP contribution in [0.25, 0.3) is 0 Å². The lowest BCUT2D eigenvalue weighted by Crippen LogP contribution is -2.36. The Hall–Kier alpha value is 0.0500. The van der Waals surface area contributed by atoms with Gasteiger partial charge in [0.1, 0.15) is 0 Å². The third-order valence-corrected chi connectivity index (χ3v) is 10.9. The third-order valence-electron chi connectivity index (χ3n) is 4.79. The second kappa shape index (κ2) is 10.2. The Bertz CT molecular complexity index is 601. The van der Waals surface area contributed by atoms with E-state index in [4.69, 9.17) is 4.18 Å². The van der Waals surface area contributed by atoms with Gasteiger partial charge in [-0.1, -0.05) is 33.6 Å². The molecule has 2 unspecified atom stereocenters.